The van der Waals surface area contributed by atoms with E-state index in [1.54, 1.807) is 14.0 Å². The molecule has 1 amide bonds. The minimum absolute atomic E-state index is 0.0840. The molecule has 1 aliphatic rings. The number of aliphatic carboxylic acids is 1. The molecule has 0 radical (unpaired) electrons. The number of aromatic nitrogens is 1. The highest BCUT2D eigenvalue weighted by molar-refractivity contribution is 6.33. The number of likely N-dealkylation sites (tertiary alicyclic amines) is 1. The molecule has 1 aliphatic heterocycles. The SMILES string of the molecule is COc1nc(N)c(Cl)cc1C(=O)N[C@H]1CCN(C[C@@H](C)C(=O)O)C[C@H]1OC. The van der Waals surface area contributed by atoms with Crippen molar-refractivity contribution in [3.8, 4) is 5.88 Å². The maximum Gasteiger partial charge on any atom is 0.307 e. The van der Waals surface area contributed by atoms with E-state index in [9.17, 15) is 9.59 Å². The third-order valence-electron chi connectivity index (χ3n) is 4.62. The van der Waals surface area contributed by atoms with Crippen LogP contribution in [0.5, 0.6) is 5.88 Å². The Balaban J connectivity index is 2.06. The van der Waals surface area contributed by atoms with Crippen molar-refractivity contribution >= 4 is 29.3 Å². The lowest BCUT2D eigenvalue weighted by atomic mass is 9.99. The van der Waals surface area contributed by atoms with Crippen LogP contribution in [0.3, 0.4) is 0 Å². The molecule has 0 spiro atoms. The Morgan fingerprint density at radius 1 is 1.52 bits per heavy atom. The number of halogens is 1. The van der Waals surface area contributed by atoms with E-state index < -0.39 is 11.9 Å². The van der Waals surface area contributed by atoms with Crippen molar-refractivity contribution in [2.24, 2.45) is 5.92 Å². The Kier molecular flexibility index (Phi) is 7.23. The number of nitrogen functional groups attached to an aromatic ring is 1. The number of anilines is 1. The predicted octanol–water partition coefficient (Wildman–Crippen LogP) is 0.866. The van der Waals surface area contributed by atoms with Crippen LogP contribution in [-0.4, -0.2) is 72.9 Å². The summed E-state index contributed by atoms with van der Waals surface area (Å²) in [7, 11) is 2.96. The van der Waals surface area contributed by atoms with Crippen LogP contribution in [-0.2, 0) is 9.53 Å². The lowest BCUT2D eigenvalue weighted by molar-refractivity contribution is -0.142. The second-order valence-corrected chi connectivity index (χ2v) is 6.96. The molecule has 150 valence electrons. The molecule has 1 aromatic rings. The normalized spacial score (nSPS) is 21.5. The van der Waals surface area contributed by atoms with E-state index in [4.69, 9.17) is 31.9 Å². The Morgan fingerprint density at radius 3 is 2.81 bits per heavy atom. The molecule has 1 saturated heterocycles. The number of hydrogen-bond donors (Lipinski definition) is 3. The van der Waals surface area contributed by atoms with Crippen LogP contribution in [0, 0.1) is 5.92 Å². The average molecular weight is 401 g/mol. The van der Waals surface area contributed by atoms with Gasteiger partial charge in [-0.3, -0.25) is 14.5 Å². The zero-order valence-corrected chi connectivity index (χ0v) is 16.3. The van der Waals surface area contributed by atoms with Gasteiger partial charge in [-0.15, -0.1) is 0 Å². The first-order chi connectivity index (χ1) is 12.8. The van der Waals surface area contributed by atoms with E-state index in [0.717, 1.165) is 0 Å². The summed E-state index contributed by atoms with van der Waals surface area (Å²) in [6, 6.07) is 1.18. The zero-order valence-electron chi connectivity index (χ0n) is 15.6. The monoisotopic (exact) mass is 400 g/mol. The van der Waals surface area contributed by atoms with Gasteiger partial charge in [-0.1, -0.05) is 18.5 Å². The highest BCUT2D eigenvalue weighted by atomic mass is 35.5. The summed E-state index contributed by atoms with van der Waals surface area (Å²) in [6.45, 7) is 3.28. The first-order valence-corrected chi connectivity index (χ1v) is 8.93. The fraction of sp³-hybridized carbons (Fsp3) is 0.588. The number of nitrogens with zero attached hydrogens (tertiary/aromatic N) is 2. The average Bonchev–Trinajstić information content (AvgIpc) is 2.64. The number of carbonyl (C=O) groups excluding carboxylic acids is 1. The number of rotatable bonds is 7. The van der Waals surface area contributed by atoms with Crippen molar-refractivity contribution in [2.45, 2.75) is 25.5 Å². The number of carbonyl (C=O) groups is 2. The van der Waals surface area contributed by atoms with E-state index in [2.05, 4.69) is 10.3 Å². The minimum atomic E-state index is -0.834. The molecule has 1 aromatic heterocycles. The summed E-state index contributed by atoms with van der Waals surface area (Å²) >= 11 is 5.98. The van der Waals surface area contributed by atoms with Crippen LogP contribution >= 0.6 is 11.6 Å². The van der Waals surface area contributed by atoms with Gasteiger partial charge in [-0.05, 0) is 12.5 Å². The molecule has 0 aromatic carbocycles. The molecule has 2 rings (SSSR count). The van der Waals surface area contributed by atoms with Crippen LogP contribution in [0.4, 0.5) is 5.82 Å². The van der Waals surface area contributed by atoms with E-state index in [1.165, 1.54) is 13.2 Å². The third-order valence-corrected chi connectivity index (χ3v) is 4.92. The summed E-state index contributed by atoms with van der Waals surface area (Å²) in [5.41, 5.74) is 5.84. The smallest absolute Gasteiger partial charge is 0.307 e. The molecule has 3 atom stereocenters. The second-order valence-electron chi connectivity index (χ2n) is 6.55. The molecule has 0 bridgehead atoms. The molecule has 0 saturated carbocycles. The van der Waals surface area contributed by atoms with Gasteiger partial charge in [0.2, 0.25) is 5.88 Å². The van der Waals surface area contributed by atoms with Crippen LogP contribution in [0.1, 0.15) is 23.7 Å². The first kappa shape index (κ1) is 21.2. The summed E-state index contributed by atoms with van der Waals surface area (Å²) in [6.07, 6.45) is 0.349. The van der Waals surface area contributed by atoms with Crippen LogP contribution in [0.15, 0.2) is 6.07 Å². The van der Waals surface area contributed by atoms with Crippen molar-refractivity contribution in [1.29, 1.82) is 0 Å². The summed E-state index contributed by atoms with van der Waals surface area (Å²) in [4.78, 5) is 29.7. The van der Waals surface area contributed by atoms with Crippen molar-refractivity contribution < 1.29 is 24.2 Å². The first-order valence-electron chi connectivity index (χ1n) is 8.55. The number of carboxylic acid groups (broad SMARTS) is 1. The highest BCUT2D eigenvalue weighted by Gasteiger charge is 2.32. The van der Waals surface area contributed by atoms with E-state index in [-0.39, 0.29) is 40.3 Å². The zero-order chi connectivity index (χ0) is 20.1. The Bertz CT molecular complexity index is 702. The summed E-state index contributed by atoms with van der Waals surface area (Å²) in [5.74, 6) is -1.52. The Labute approximate surface area is 162 Å². The van der Waals surface area contributed by atoms with Gasteiger partial charge >= 0.3 is 5.97 Å². The largest absolute Gasteiger partial charge is 0.481 e. The highest BCUT2D eigenvalue weighted by Crippen LogP contribution is 2.25. The fourth-order valence-electron chi connectivity index (χ4n) is 3.07. The Hall–Kier alpha value is -2.10. The standard InChI is InChI=1S/C17H25ClN4O5/c1-9(17(24)25)7-22-5-4-12(13(8-22)26-2)20-15(23)10-6-11(18)14(19)21-16(10)27-3/h6,9,12-13H,4-5,7-8H2,1-3H3,(H2,19,21)(H,20,23)(H,24,25)/t9-,12+,13-/m1/s1. The number of hydrogen-bond acceptors (Lipinski definition) is 7. The van der Waals surface area contributed by atoms with Gasteiger partial charge in [-0.25, -0.2) is 0 Å². The molecule has 0 unspecified atom stereocenters. The molecular formula is C17H25ClN4O5. The number of piperidine rings is 1. The molecule has 4 N–H and O–H groups in total. The number of amides is 1. The predicted molar refractivity (Wildman–Crippen MR) is 100 cm³/mol. The van der Waals surface area contributed by atoms with Gasteiger partial charge in [0.25, 0.3) is 5.91 Å². The lowest BCUT2D eigenvalue weighted by Gasteiger charge is -2.38. The van der Waals surface area contributed by atoms with Gasteiger partial charge in [-0.2, -0.15) is 4.98 Å². The summed E-state index contributed by atoms with van der Waals surface area (Å²) in [5, 5.41) is 12.2. The second kappa shape index (κ2) is 9.20. The van der Waals surface area contributed by atoms with Gasteiger partial charge in [0.05, 0.1) is 30.2 Å². The lowest BCUT2D eigenvalue weighted by Crippen LogP contribution is -2.55. The quantitative estimate of drug-likeness (QED) is 0.615. The number of methoxy groups -OCH3 is 2. The van der Waals surface area contributed by atoms with Crippen molar-refractivity contribution in [3.63, 3.8) is 0 Å². The number of pyridine rings is 1. The van der Waals surface area contributed by atoms with Crippen LogP contribution in [0.2, 0.25) is 5.02 Å². The maximum atomic E-state index is 12.7. The van der Waals surface area contributed by atoms with Crippen molar-refractivity contribution in [1.82, 2.24) is 15.2 Å². The number of ether oxygens (including phenoxy) is 2. The number of nitrogens with two attached hydrogens (primary N) is 1. The molecular weight excluding hydrogens is 376 g/mol. The van der Waals surface area contributed by atoms with Gasteiger partial charge in [0.1, 0.15) is 11.4 Å². The minimum Gasteiger partial charge on any atom is -0.481 e. The molecule has 9 nitrogen and oxygen atoms in total. The molecule has 0 aliphatic carbocycles. The maximum absolute atomic E-state index is 12.7. The van der Waals surface area contributed by atoms with Crippen molar-refractivity contribution in [3.05, 3.63) is 16.7 Å². The molecule has 27 heavy (non-hydrogen) atoms. The number of carboxylic acids is 1. The molecule has 2 heterocycles. The van der Waals surface area contributed by atoms with Gasteiger partial charge in [0, 0.05) is 26.7 Å². The topological polar surface area (TPSA) is 127 Å². The fourth-order valence-corrected chi connectivity index (χ4v) is 3.22. The molecule has 10 heteroatoms. The van der Waals surface area contributed by atoms with E-state index in [0.29, 0.717) is 26.1 Å². The van der Waals surface area contributed by atoms with Gasteiger partial charge < -0.3 is 25.6 Å². The third kappa shape index (κ3) is 5.21. The molecule has 1 fully saturated rings. The van der Waals surface area contributed by atoms with Gasteiger partial charge in [0.15, 0.2) is 0 Å². The van der Waals surface area contributed by atoms with Crippen LogP contribution < -0.4 is 15.8 Å². The van der Waals surface area contributed by atoms with E-state index >= 15 is 0 Å². The van der Waals surface area contributed by atoms with E-state index in [1.807, 2.05) is 4.90 Å². The Morgan fingerprint density at radius 2 is 2.22 bits per heavy atom. The van der Waals surface area contributed by atoms with Crippen molar-refractivity contribution in [2.75, 3.05) is 39.6 Å². The summed E-state index contributed by atoms with van der Waals surface area (Å²) < 4.78 is 10.6. The number of nitrogens with one attached hydrogen (secondary N) is 1. The van der Waals surface area contributed by atoms with Crippen LogP contribution in [0.25, 0.3) is 0 Å².